The van der Waals surface area contributed by atoms with E-state index in [4.69, 9.17) is 22.1 Å². The molecule has 0 aliphatic rings. The number of halogens is 1. The molecule has 0 aliphatic heterocycles. The van der Waals surface area contributed by atoms with Crippen LogP contribution >= 0.6 is 11.6 Å². The summed E-state index contributed by atoms with van der Waals surface area (Å²) in [5, 5.41) is 14.1. The molecule has 5 nitrogen and oxygen atoms in total. The molecule has 0 bridgehead atoms. The Morgan fingerprint density at radius 2 is 2.05 bits per heavy atom. The number of anilines is 1. The van der Waals surface area contributed by atoms with Gasteiger partial charge in [0.25, 0.3) is 5.88 Å². The predicted molar refractivity (Wildman–Crippen MR) is 78.0 cm³/mol. The van der Waals surface area contributed by atoms with Crippen LogP contribution in [-0.4, -0.2) is 16.4 Å². The van der Waals surface area contributed by atoms with Gasteiger partial charge in [-0.25, -0.2) is 4.68 Å². The molecular weight excluding hydrogens is 276 g/mol. The smallest absolute Gasteiger partial charge is 0.253 e. The van der Waals surface area contributed by atoms with Crippen molar-refractivity contribution in [3.8, 4) is 17.6 Å². The molecule has 0 unspecified atom stereocenters. The second-order valence-corrected chi connectivity index (χ2v) is 5.21. The highest BCUT2D eigenvalue weighted by Gasteiger charge is 2.18. The van der Waals surface area contributed by atoms with Crippen LogP contribution in [-0.2, 0) is 0 Å². The van der Waals surface area contributed by atoms with E-state index in [1.54, 1.807) is 24.3 Å². The molecule has 6 heteroatoms. The summed E-state index contributed by atoms with van der Waals surface area (Å²) in [7, 11) is 0. The number of nitrogen functional groups attached to an aromatic ring is 1. The van der Waals surface area contributed by atoms with Crippen LogP contribution in [0.25, 0.3) is 5.69 Å². The van der Waals surface area contributed by atoms with Crippen LogP contribution in [0.2, 0.25) is 5.02 Å². The van der Waals surface area contributed by atoms with Gasteiger partial charge < -0.3 is 10.5 Å². The Balaban J connectivity index is 2.40. The number of nitrogens with two attached hydrogens (primary N) is 1. The maximum absolute atomic E-state index is 9.18. The summed E-state index contributed by atoms with van der Waals surface area (Å²) in [5.41, 5.74) is 6.93. The van der Waals surface area contributed by atoms with Gasteiger partial charge in [-0.05, 0) is 30.2 Å². The summed E-state index contributed by atoms with van der Waals surface area (Å²) in [4.78, 5) is 0. The van der Waals surface area contributed by atoms with Crippen molar-refractivity contribution in [1.29, 1.82) is 5.26 Å². The number of hydrogen-bond donors (Lipinski definition) is 1. The highest BCUT2D eigenvalue weighted by Crippen LogP contribution is 2.26. The quantitative estimate of drug-likeness (QED) is 0.939. The average Bonchev–Trinajstić information content (AvgIpc) is 2.73. The van der Waals surface area contributed by atoms with Crippen LogP contribution in [0.1, 0.15) is 19.4 Å². The van der Waals surface area contributed by atoms with Gasteiger partial charge in [0, 0.05) is 5.02 Å². The van der Waals surface area contributed by atoms with Gasteiger partial charge in [0.15, 0.2) is 5.56 Å². The molecule has 2 rings (SSSR count). The Bertz CT molecular complexity index is 640. The van der Waals surface area contributed by atoms with Gasteiger partial charge in [0.2, 0.25) is 0 Å². The molecule has 0 spiro atoms. The highest BCUT2D eigenvalue weighted by atomic mass is 35.5. The zero-order valence-corrected chi connectivity index (χ0v) is 12.1. The molecule has 0 saturated heterocycles. The minimum atomic E-state index is 0.251. The first-order valence-corrected chi connectivity index (χ1v) is 6.58. The Morgan fingerprint density at radius 1 is 1.40 bits per heavy atom. The van der Waals surface area contributed by atoms with Gasteiger partial charge in [0.05, 0.1) is 12.3 Å². The Kier molecular flexibility index (Phi) is 4.16. The minimum absolute atomic E-state index is 0.251. The molecule has 0 saturated carbocycles. The van der Waals surface area contributed by atoms with Crippen LogP contribution in [0.3, 0.4) is 0 Å². The molecule has 1 aromatic heterocycles. The number of aromatic nitrogens is 2. The molecule has 2 aromatic rings. The number of hydrogen-bond acceptors (Lipinski definition) is 4. The standard InChI is InChI=1S/C14H15ClN4O/c1-9(2)8-20-14-12(7-16)13(17)19(18-14)11-5-3-10(15)4-6-11/h3-6,9H,8,17H2,1-2H3. The third-order valence-corrected chi connectivity index (χ3v) is 2.88. The molecule has 0 aliphatic carbocycles. The fraction of sp³-hybridized carbons (Fsp3) is 0.286. The molecular formula is C14H15ClN4O. The lowest BCUT2D eigenvalue weighted by atomic mass is 10.2. The molecule has 2 N–H and O–H groups in total. The van der Waals surface area contributed by atoms with Crippen molar-refractivity contribution < 1.29 is 4.74 Å². The number of nitrogens with zero attached hydrogens (tertiary/aromatic N) is 3. The topological polar surface area (TPSA) is 76.9 Å². The number of rotatable bonds is 4. The number of ether oxygens (including phenoxy) is 1. The first-order chi connectivity index (χ1) is 9.52. The number of nitriles is 1. The van der Waals surface area contributed by atoms with E-state index in [9.17, 15) is 5.26 Å². The van der Waals surface area contributed by atoms with Crippen molar-refractivity contribution >= 4 is 17.4 Å². The van der Waals surface area contributed by atoms with Crippen molar-refractivity contribution in [2.24, 2.45) is 5.92 Å². The molecule has 104 valence electrons. The van der Waals surface area contributed by atoms with E-state index in [0.717, 1.165) is 5.69 Å². The maximum Gasteiger partial charge on any atom is 0.253 e. The first-order valence-electron chi connectivity index (χ1n) is 6.20. The van der Waals surface area contributed by atoms with E-state index in [1.165, 1.54) is 4.68 Å². The third kappa shape index (κ3) is 2.86. The van der Waals surface area contributed by atoms with Crippen molar-refractivity contribution in [2.45, 2.75) is 13.8 Å². The van der Waals surface area contributed by atoms with Gasteiger partial charge in [-0.15, -0.1) is 5.10 Å². The van der Waals surface area contributed by atoms with Gasteiger partial charge in [-0.3, -0.25) is 0 Å². The summed E-state index contributed by atoms with van der Waals surface area (Å²) in [5.74, 6) is 0.852. The fourth-order valence-electron chi connectivity index (χ4n) is 1.64. The van der Waals surface area contributed by atoms with Gasteiger partial charge >= 0.3 is 0 Å². The van der Waals surface area contributed by atoms with E-state index >= 15 is 0 Å². The second-order valence-electron chi connectivity index (χ2n) is 4.77. The first kappa shape index (κ1) is 14.2. The molecule has 20 heavy (non-hydrogen) atoms. The van der Waals surface area contributed by atoms with Gasteiger partial charge in [0.1, 0.15) is 11.9 Å². The van der Waals surface area contributed by atoms with E-state index < -0.39 is 0 Å². The van der Waals surface area contributed by atoms with Crippen molar-refractivity contribution in [1.82, 2.24) is 9.78 Å². The Hall–Kier alpha value is -2.19. The van der Waals surface area contributed by atoms with Crippen LogP contribution < -0.4 is 10.5 Å². The van der Waals surface area contributed by atoms with E-state index in [1.807, 2.05) is 19.9 Å². The summed E-state index contributed by atoms with van der Waals surface area (Å²) in [6.45, 7) is 4.52. The molecule has 0 fully saturated rings. The average molecular weight is 291 g/mol. The Labute approximate surface area is 122 Å². The molecule has 0 atom stereocenters. The van der Waals surface area contributed by atoms with Crippen molar-refractivity contribution in [2.75, 3.05) is 12.3 Å². The van der Waals surface area contributed by atoms with E-state index in [-0.39, 0.29) is 17.3 Å². The lowest BCUT2D eigenvalue weighted by molar-refractivity contribution is 0.259. The van der Waals surface area contributed by atoms with Crippen molar-refractivity contribution in [3.63, 3.8) is 0 Å². The molecule has 1 heterocycles. The lowest BCUT2D eigenvalue weighted by Gasteiger charge is -2.05. The van der Waals surface area contributed by atoms with Crippen LogP contribution in [0.4, 0.5) is 5.82 Å². The summed E-state index contributed by atoms with van der Waals surface area (Å²) < 4.78 is 7.01. The second kappa shape index (κ2) is 5.85. The highest BCUT2D eigenvalue weighted by molar-refractivity contribution is 6.30. The number of benzene rings is 1. The fourth-order valence-corrected chi connectivity index (χ4v) is 1.77. The van der Waals surface area contributed by atoms with Gasteiger partial charge in [-0.1, -0.05) is 25.4 Å². The predicted octanol–water partition coefficient (Wildman–Crippen LogP) is 3.01. The zero-order chi connectivity index (χ0) is 14.7. The summed E-state index contributed by atoms with van der Waals surface area (Å²) in [6.07, 6.45) is 0. The normalized spacial score (nSPS) is 10.6. The third-order valence-electron chi connectivity index (χ3n) is 2.63. The zero-order valence-electron chi connectivity index (χ0n) is 11.3. The monoisotopic (exact) mass is 290 g/mol. The Morgan fingerprint density at radius 3 is 2.60 bits per heavy atom. The van der Waals surface area contributed by atoms with Crippen LogP contribution in [0.15, 0.2) is 24.3 Å². The molecule has 0 radical (unpaired) electrons. The summed E-state index contributed by atoms with van der Waals surface area (Å²) in [6, 6.07) is 9.05. The van der Waals surface area contributed by atoms with Gasteiger partial charge in [-0.2, -0.15) is 5.26 Å². The largest absolute Gasteiger partial charge is 0.475 e. The SMILES string of the molecule is CC(C)COc1nn(-c2ccc(Cl)cc2)c(N)c1C#N. The lowest BCUT2D eigenvalue weighted by Crippen LogP contribution is -2.06. The van der Waals surface area contributed by atoms with Crippen molar-refractivity contribution in [3.05, 3.63) is 34.9 Å². The maximum atomic E-state index is 9.18. The summed E-state index contributed by atoms with van der Waals surface area (Å²) >= 11 is 5.85. The van der Waals surface area contributed by atoms with Crippen LogP contribution in [0, 0.1) is 17.2 Å². The molecule has 1 aromatic carbocycles. The van der Waals surface area contributed by atoms with E-state index in [0.29, 0.717) is 17.5 Å². The van der Waals surface area contributed by atoms with Crippen LogP contribution in [0.5, 0.6) is 5.88 Å². The molecule has 0 amide bonds. The minimum Gasteiger partial charge on any atom is -0.475 e. The van der Waals surface area contributed by atoms with E-state index in [2.05, 4.69) is 5.10 Å².